The molecule has 33 heavy (non-hydrogen) atoms. The fourth-order valence-electron chi connectivity index (χ4n) is 3.52. The highest BCUT2D eigenvalue weighted by atomic mass is 32.2. The third-order valence-corrected chi connectivity index (χ3v) is 6.29. The number of nitrogens with zero attached hydrogens (tertiary/aromatic N) is 6. The molecule has 8 nitrogen and oxygen atoms in total. The average molecular weight is 479 g/mol. The Morgan fingerprint density at radius 3 is 2.24 bits per heavy atom. The summed E-state index contributed by atoms with van der Waals surface area (Å²) in [5, 5.41) is 13.9. The average Bonchev–Trinajstić information content (AvgIpc) is 3.23. The number of ether oxygens (including phenoxy) is 1. The molecule has 1 aliphatic heterocycles. The lowest BCUT2D eigenvalue weighted by Gasteiger charge is -2.25. The van der Waals surface area contributed by atoms with E-state index in [2.05, 4.69) is 20.2 Å². The van der Waals surface area contributed by atoms with Crippen molar-refractivity contribution < 1.29 is 9.15 Å². The molecule has 2 aromatic heterocycles. The van der Waals surface area contributed by atoms with E-state index in [1.165, 1.54) is 11.8 Å². The second-order valence-corrected chi connectivity index (χ2v) is 8.74. The SMILES string of the molecule is S=c1oc(CSc2nnc(-c3ccccc3)c(-c3ccccc3)n2)nn1CN1CCOCC1. The van der Waals surface area contributed by atoms with E-state index in [0.717, 1.165) is 48.8 Å². The first-order valence-corrected chi connectivity index (χ1v) is 12.0. The summed E-state index contributed by atoms with van der Waals surface area (Å²) in [6, 6.07) is 20.0. The van der Waals surface area contributed by atoms with Crippen LogP contribution in [-0.2, 0) is 17.2 Å². The normalized spacial score (nSPS) is 14.4. The van der Waals surface area contributed by atoms with Gasteiger partial charge in [-0.1, -0.05) is 72.4 Å². The first-order valence-electron chi connectivity index (χ1n) is 10.6. The number of hydrogen-bond donors (Lipinski definition) is 0. The molecule has 10 heteroatoms. The summed E-state index contributed by atoms with van der Waals surface area (Å²) in [6.45, 7) is 3.75. The second kappa shape index (κ2) is 10.3. The molecule has 0 N–H and O–H groups in total. The van der Waals surface area contributed by atoms with Crippen molar-refractivity contribution in [2.24, 2.45) is 0 Å². The van der Waals surface area contributed by atoms with Gasteiger partial charge in [0, 0.05) is 24.2 Å². The smallest absolute Gasteiger partial charge is 0.288 e. The number of rotatable bonds is 7. The molecule has 2 aromatic carbocycles. The Kier molecular flexibility index (Phi) is 6.87. The minimum atomic E-state index is 0.362. The molecule has 1 saturated heterocycles. The van der Waals surface area contributed by atoms with E-state index in [9.17, 15) is 0 Å². The van der Waals surface area contributed by atoms with Crippen molar-refractivity contribution in [3.63, 3.8) is 0 Å². The van der Waals surface area contributed by atoms with Crippen molar-refractivity contribution in [1.82, 2.24) is 29.9 Å². The van der Waals surface area contributed by atoms with Crippen LogP contribution < -0.4 is 0 Å². The predicted molar refractivity (Wildman–Crippen MR) is 128 cm³/mol. The topological polar surface area (TPSA) is 82.1 Å². The zero-order chi connectivity index (χ0) is 22.5. The first kappa shape index (κ1) is 21.9. The monoisotopic (exact) mass is 478 g/mol. The molecule has 0 spiro atoms. The van der Waals surface area contributed by atoms with E-state index in [1.807, 2.05) is 60.7 Å². The summed E-state index contributed by atoms with van der Waals surface area (Å²) in [6.07, 6.45) is 0. The maximum atomic E-state index is 5.70. The van der Waals surface area contributed by atoms with E-state index < -0.39 is 0 Å². The lowest BCUT2D eigenvalue weighted by molar-refractivity contribution is 0.0206. The van der Waals surface area contributed by atoms with E-state index in [-0.39, 0.29) is 0 Å². The maximum Gasteiger partial charge on any atom is 0.288 e. The summed E-state index contributed by atoms with van der Waals surface area (Å²) in [4.78, 5) is 7.42. The summed E-state index contributed by atoms with van der Waals surface area (Å²) in [5.41, 5.74) is 3.50. The third kappa shape index (κ3) is 5.36. The molecule has 0 atom stereocenters. The highest BCUT2D eigenvalue weighted by Gasteiger charge is 2.16. The highest BCUT2D eigenvalue weighted by molar-refractivity contribution is 7.98. The van der Waals surface area contributed by atoms with Crippen molar-refractivity contribution in [2.75, 3.05) is 26.3 Å². The highest BCUT2D eigenvalue weighted by Crippen LogP contribution is 2.30. The van der Waals surface area contributed by atoms with Gasteiger partial charge in [-0.15, -0.1) is 15.3 Å². The molecule has 0 saturated carbocycles. The maximum absolute atomic E-state index is 5.70. The number of thioether (sulfide) groups is 1. The molecule has 0 bridgehead atoms. The second-order valence-electron chi connectivity index (χ2n) is 7.45. The van der Waals surface area contributed by atoms with Gasteiger partial charge >= 0.3 is 0 Å². The van der Waals surface area contributed by atoms with Gasteiger partial charge in [0.15, 0.2) is 0 Å². The Hall–Kier alpha value is -2.92. The zero-order valence-corrected chi connectivity index (χ0v) is 19.5. The number of benzene rings is 2. The van der Waals surface area contributed by atoms with Gasteiger partial charge in [0.25, 0.3) is 4.84 Å². The molecule has 0 radical (unpaired) electrons. The zero-order valence-electron chi connectivity index (χ0n) is 17.8. The molecule has 5 rings (SSSR count). The summed E-state index contributed by atoms with van der Waals surface area (Å²) in [7, 11) is 0. The largest absolute Gasteiger partial charge is 0.413 e. The van der Waals surface area contributed by atoms with Crippen LogP contribution in [0.15, 0.2) is 70.2 Å². The molecule has 0 amide bonds. The summed E-state index contributed by atoms with van der Waals surface area (Å²) >= 11 is 6.77. The van der Waals surface area contributed by atoms with Gasteiger partial charge < -0.3 is 9.15 Å². The van der Waals surface area contributed by atoms with Gasteiger partial charge in [-0.25, -0.2) is 9.67 Å². The summed E-state index contributed by atoms with van der Waals surface area (Å²) in [5.74, 6) is 0.996. The number of aromatic nitrogens is 5. The van der Waals surface area contributed by atoms with Gasteiger partial charge in [0.2, 0.25) is 11.0 Å². The minimum absolute atomic E-state index is 0.362. The van der Waals surface area contributed by atoms with Gasteiger partial charge in [0.05, 0.1) is 25.6 Å². The van der Waals surface area contributed by atoms with Gasteiger partial charge in [0.1, 0.15) is 11.4 Å². The molecule has 0 unspecified atom stereocenters. The van der Waals surface area contributed by atoms with Crippen LogP contribution in [0.1, 0.15) is 5.89 Å². The van der Waals surface area contributed by atoms with Gasteiger partial charge in [-0.2, -0.15) is 0 Å². The Labute approximate surface area is 200 Å². The summed E-state index contributed by atoms with van der Waals surface area (Å²) < 4.78 is 12.8. The predicted octanol–water partition coefficient (Wildman–Crippen LogP) is 4.31. The van der Waals surface area contributed by atoms with Crippen LogP contribution in [0.4, 0.5) is 0 Å². The van der Waals surface area contributed by atoms with Crippen molar-refractivity contribution >= 4 is 24.0 Å². The van der Waals surface area contributed by atoms with Crippen molar-refractivity contribution in [2.45, 2.75) is 17.6 Å². The van der Waals surface area contributed by atoms with Crippen LogP contribution in [0.3, 0.4) is 0 Å². The van der Waals surface area contributed by atoms with Crippen LogP contribution in [0.2, 0.25) is 0 Å². The Morgan fingerprint density at radius 2 is 1.55 bits per heavy atom. The number of hydrogen-bond acceptors (Lipinski definition) is 9. The standard InChI is InChI=1S/C23H22N6O2S2/c32-23-29(16-28-11-13-30-14-12-28)27-19(31-23)15-33-22-24-20(17-7-3-1-4-8-17)21(25-26-22)18-9-5-2-6-10-18/h1-10H,11-16H2. The van der Waals surface area contributed by atoms with Gasteiger partial charge in [-0.3, -0.25) is 4.90 Å². The van der Waals surface area contributed by atoms with Crippen molar-refractivity contribution in [1.29, 1.82) is 0 Å². The molecule has 3 heterocycles. The Balaban J connectivity index is 1.35. The molecule has 1 aliphatic rings. The quantitative estimate of drug-likeness (QED) is 0.285. The van der Waals surface area contributed by atoms with Crippen molar-refractivity contribution in [3.8, 4) is 22.5 Å². The molecule has 168 valence electrons. The van der Waals surface area contributed by atoms with E-state index in [1.54, 1.807) is 4.68 Å². The molecular formula is C23H22N6O2S2. The molecule has 1 fully saturated rings. The Bertz CT molecular complexity index is 1260. The molecule has 0 aliphatic carbocycles. The van der Waals surface area contributed by atoms with Crippen LogP contribution in [0.25, 0.3) is 22.5 Å². The van der Waals surface area contributed by atoms with Gasteiger partial charge in [-0.05, 0) is 12.2 Å². The number of morpholine rings is 1. The third-order valence-electron chi connectivity index (χ3n) is 5.17. The lowest BCUT2D eigenvalue weighted by Crippen LogP contribution is -2.37. The lowest BCUT2D eigenvalue weighted by atomic mass is 10.0. The fraction of sp³-hybridized carbons (Fsp3) is 0.261. The van der Waals surface area contributed by atoms with Crippen LogP contribution in [0, 0.1) is 4.84 Å². The van der Waals surface area contributed by atoms with E-state index in [0.29, 0.717) is 28.3 Å². The Morgan fingerprint density at radius 1 is 0.879 bits per heavy atom. The van der Waals surface area contributed by atoms with E-state index in [4.69, 9.17) is 26.4 Å². The van der Waals surface area contributed by atoms with E-state index >= 15 is 0 Å². The van der Waals surface area contributed by atoms with Crippen LogP contribution >= 0.6 is 24.0 Å². The molecule has 4 aromatic rings. The van der Waals surface area contributed by atoms with Crippen molar-refractivity contribution in [3.05, 3.63) is 71.4 Å². The minimum Gasteiger partial charge on any atom is -0.413 e. The first-order chi connectivity index (χ1) is 16.3. The van der Waals surface area contributed by atoms with Crippen LogP contribution in [0.5, 0.6) is 0 Å². The molecular weight excluding hydrogens is 456 g/mol. The van der Waals surface area contributed by atoms with Crippen LogP contribution in [-0.4, -0.2) is 56.2 Å². The fourth-order valence-corrected chi connectivity index (χ4v) is 4.33.